The Bertz CT molecular complexity index is 698. The summed E-state index contributed by atoms with van der Waals surface area (Å²) in [5.74, 6) is -0.000227. The summed E-state index contributed by atoms with van der Waals surface area (Å²) in [7, 11) is 0. The third-order valence-electron chi connectivity index (χ3n) is 6.55. The van der Waals surface area contributed by atoms with Crippen LogP contribution >= 0.6 is 0 Å². The molecule has 1 aromatic rings. The fourth-order valence-corrected chi connectivity index (χ4v) is 4.57. The number of nitrogens with two attached hydrogens (primary N) is 1. The number of anilines is 2. The van der Waals surface area contributed by atoms with Crippen LogP contribution in [-0.2, 0) is 11.2 Å². The Morgan fingerprint density at radius 3 is 1.75 bits per heavy atom. The van der Waals surface area contributed by atoms with Crippen LogP contribution in [0.3, 0.4) is 0 Å². The molecule has 0 unspecified atom stereocenters. The van der Waals surface area contributed by atoms with Gasteiger partial charge in [0.15, 0.2) is 0 Å². The lowest BCUT2D eigenvalue weighted by Gasteiger charge is -2.15. The average Bonchev–Trinajstić information content (AvgIpc) is 3.11. The van der Waals surface area contributed by atoms with Crippen molar-refractivity contribution >= 4 is 23.0 Å². The Kier molecular flexibility index (Phi) is 13.1. The molecule has 1 heterocycles. The number of carbonyl (C=O) groups is 1. The van der Waals surface area contributed by atoms with Crippen LogP contribution in [0.1, 0.15) is 129 Å². The summed E-state index contributed by atoms with van der Waals surface area (Å²) in [5, 5.41) is 5.75. The standard InChI is InChI=1S/C28H47N3O/c1-3-4-5-6-7-8-9-10-11-12-13-14-15-16-17-18-19-25-20-21-27(26(29)23-25)31-28(32)22-24(2)30-31/h20-21,23H,3-19,22,29H2,1-2H3. The number of nitrogens with zero attached hydrogens (tertiary/aromatic N) is 2. The van der Waals surface area contributed by atoms with Crippen LogP contribution in [0.5, 0.6) is 0 Å². The molecule has 2 N–H and O–H groups in total. The van der Waals surface area contributed by atoms with E-state index in [-0.39, 0.29) is 5.91 Å². The molecule has 0 saturated carbocycles. The Balaban J connectivity index is 1.44. The van der Waals surface area contributed by atoms with E-state index in [1.165, 1.54) is 113 Å². The Morgan fingerprint density at radius 1 is 0.812 bits per heavy atom. The molecule has 1 aliphatic heterocycles. The second-order valence-electron chi connectivity index (χ2n) is 9.66. The van der Waals surface area contributed by atoms with Gasteiger partial charge in [-0.05, 0) is 37.5 Å². The molecule has 1 amide bonds. The normalized spacial score (nSPS) is 13.8. The van der Waals surface area contributed by atoms with Gasteiger partial charge in [-0.3, -0.25) is 4.79 Å². The van der Waals surface area contributed by atoms with Gasteiger partial charge in [-0.25, -0.2) is 0 Å². The van der Waals surface area contributed by atoms with Gasteiger partial charge in [-0.1, -0.05) is 109 Å². The molecule has 0 atom stereocenters. The molecule has 4 nitrogen and oxygen atoms in total. The lowest BCUT2D eigenvalue weighted by Crippen LogP contribution is -2.20. The highest BCUT2D eigenvalue weighted by atomic mass is 16.2. The second-order valence-corrected chi connectivity index (χ2v) is 9.66. The average molecular weight is 442 g/mol. The highest BCUT2D eigenvalue weighted by Crippen LogP contribution is 2.28. The van der Waals surface area contributed by atoms with Crippen LogP contribution in [0.25, 0.3) is 0 Å². The van der Waals surface area contributed by atoms with E-state index in [9.17, 15) is 4.79 Å². The number of rotatable bonds is 18. The van der Waals surface area contributed by atoms with Gasteiger partial charge in [0, 0.05) is 5.71 Å². The minimum Gasteiger partial charge on any atom is -0.397 e. The predicted molar refractivity (Wildman–Crippen MR) is 139 cm³/mol. The SMILES string of the molecule is CCCCCCCCCCCCCCCCCCc1ccc(N2N=C(C)CC2=O)c(N)c1. The van der Waals surface area contributed by atoms with E-state index in [0.29, 0.717) is 17.8 Å². The molecule has 4 heteroatoms. The summed E-state index contributed by atoms with van der Waals surface area (Å²) in [6, 6.07) is 6.04. The monoisotopic (exact) mass is 441 g/mol. The molecular formula is C28H47N3O. The lowest BCUT2D eigenvalue weighted by atomic mass is 10.0. The smallest absolute Gasteiger partial charge is 0.253 e. The molecule has 2 rings (SSSR count). The number of benzene rings is 1. The number of aryl methyl sites for hydroxylation is 1. The van der Waals surface area contributed by atoms with E-state index in [2.05, 4.69) is 18.1 Å². The molecular weight excluding hydrogens is 394 g/mol. The van der Waals surface area contributed by atoms with E-state index >= 15 is 0 Å². The number of nitrogen functional groups attached to an aromatic ring is 1. The zero-order valence-corrected chi connectivity index (χ0v) is 20.8. The summed E-state index contributed by atoms with van der Waals surface area (Å²) in [4.78, 5) is 12.0. The quantitative estimate of drug-likeness (QED) is 0.184. The molecule has 0 bridgehead atoms. The van der Waals surface area contributed by atoms with E-state index in [1.807, 2.05) is 19.1 Å². The highest BCUT2D eigenvalue weighted by molar-refractivity contribution is 6.13. The van der Waals surface area contributed by atoms with Crippen LogP contribution in [0.4, 0.5) is 11.4 Å². The molecule has 0 aromatic heterocycles. The fourth-order valence-electron chi connectivity index (χ4n) is 4.57. The first-order chi connectivity index (χ1) is 15.6. The number of unbranched alkanes of at least 4 members (excludes halogenated alkanes) is 15. The first kappa shape index (κ1) is 26.4. The molecule has 0 radical (unpaired) electrons. The summed E-state index contributed by atoms with van der Waals surface area (Å²) in [6.07, 6.45) is 23.7. The molecule has 32 heavy (non-hydrogen) atoms. The number of hydrogen-bond acceptors (Lipinski definition) is 3. The van der Waals surface area contributed by atoms with Crippen molar-refractivity contribution in [1.29, 1.82) is 0 Å². The summed E-state index contributed by atoms with van der Waals surface area (Å²) in [5.41, 5.74) is 9.66. The summed E-state index contributed by atoms with van der Waals surface area (Å²) >= 11 is 0. The van der Waals surface area contributed by atoms with Crippen LogP contribution in [0.2, 0.25) is 0 Å². The van der Waals surface area contributed by atoms with Crippen LogP contribution in [-0.4, -0.2) is 11.6 Å². The molecule has 1 aliphatic rings. The van der Waals surface area contributed by atoms with Gasteiger partial charge in [-0.2, -0.15) is 10.1 Å². The molecule has 0 saturated heterocycles. The van der Waals surface area contributed by atoms with Crippen LogP contribution < -0.4 is 10.7 Å². The third-order valence-corrected chi connectivity index (χ3v) is 6.55. The first-order valence-corrected chi connectivity index (χ1v) is 13.4. The topological polar surface area (TPSA) is 58.7 Å². The van der Waals surface area contributed by atoms with Crippen molar-refractivity contribution in [3.63, 3.8) is 0 Å². The molecule has 0 aliphatic carbocycles. The molecule has 0 fully saturated rings. The third kappa shape index (κ3) is 10.2. The predicted octanol–water partition coefficient (Wildman–Crippen LogP) is 8.19. The van der Waals surface area contributed by atoms with Gasteiger partial charge in [0.25, 0.3) is 5.91 Å². The highest BCUT2D eigenvalue weighted by Gasteiger charge is 2.24. The van der Waals surface area contributed by atoms with Crippen LogP contribution in [0.15, 0.2) is 23.3 Å². The van der Waals surface area contributed by atoms with Crippen LogP contribution in [0, 0.1) is 0 Å². The van der Waals surface area contributed by atoms with E-state index in [4.69, 9.17) is 5.73 Å². The lowest BCUT2D eigenvalue weighted by molar-refractivity contribution is -0.116. The second kappa shape index (κ2) is 15.9. The van der Waals surface area contributed by atoms with E-state index in [1.54, 1.807) is 0 Å². The maximum absolute atomic E-state index is 12.0. The van der Waals surface area contributed by atoms with Gasteiger partial charge in [0.05, 0.1) is 17.8 Å². The van der Waals surface area contributed by atoms with Crippen molar-refractivity contribution < 1.29 is 4.79 Å². The number of hydrogen-bond donors (Lipinski definition) is 1. The number of carbonyl (C=O) groups excluding carboxylic acids is 1. The maximum atomic E-state index is 12.0. The van der Waals surface area contributed by atoms with E-state index < -0.39 is 0 Å². The van der Waals surface area contributed by atoms with Crippen molar-refractivity contribution in [3.8, 4) is 0 Å². The largest absolute Gasteiger partial charge is 0.397 e. The fraction of sp³-hybridized carbons (Fsp3) is 0.714. The van der Waals surface area contributed by atoms with Gasteiger partial charge >= 0.3 is 0 Å². The molecule has 1 aromatic carbocycles. The van der Waals surface area contributed by atoms with Crippen molar-refractivity contribution in [3.05, 3.63) is 23.8 Å². The summed E-state index contributed by atoms with van der Waals surface area (Å²) < 4.78 is 0. The van der Waals surface area contributed by atoms with Gasteiger partial charge in [-0.15, -0.1) is 0 Å². The minimum atomic E-state index is -0.000227. The minimum absolute atomic E-state index is 0.000227. The maximum Gasteiger partial charge on any atom is 0.253 e. The van der Waals surface area contributed by atoms with Crippen molar-refractivity contribution in [2.24, 2.45) is 5.10 Å². The van der Waals surface area contributed by atoms with Gasteiger partial charge in [0.1, 0.15) is 0 Å². The summed E-state index contributed by atoms with van der Waals surface area (Å²) in [6.45, 7) is 4.16. The Labute approximate surface area is 197 Å². The van der Waals surface area contributed by atoms with Gasteiger partial charge < -0.3 is 5.73 Å². The number of amides is 1. The first-order valence-electron chi connectivity index (χ1n) is 13.4. The zero-order valence-electron chi connectivity index (χ0n) is 20.8. The van der Waals surface area contributed by atoms with Gasteiger partial charge in [0.2, 0.25) is 0 Å². The van der Waals surface area contributed by atoms with Crippen molar-refractivity contribution in [1.82, 2.24) is 0 Å². The number of hydrazone groups is 1. The molecule has 0 spiro atoms. The Morgan fingerprint density at radius 2 is 1.31 bits per heavy atom. The van der Waals surface area contributed by atoms with E-state index in [0.717, 1.165) is 12.1 Å². The molecule has 180 valence electrons. The Hall–Kier alpha value is -1.84. The zero-order chi connectivity index (χ0) is 23.0. The van der Waals surface area contributed by atoms with Crippen molar-refractivity contribution in [2.75, 3.05) is 10.7 Å². The van der Waals surface area contributed by atoms with Crippen molar-refractivity contribution in [2.45, 2.75) is 129 Å².